The van der Waals surface area contributed by atoms with Crippen LogP contribution in [0.1, 0.15) is 68.7 Å². The minimum atomic E-state index is -0.332. The van der Waals surface area contributed by atoms with Crippen molar-refractivity contribution in [3.05, 3.63) is 89.0 Å². The van der Waals surface area contributed by atoms with Crippen LogP contribution in [-0.4, -0.2) is 34.4 Å². The number of thiazole rings is 1. The molecule has 0 unspecified atom stereocenters. The van der Waals surface area contributed by atoms with Crippen molar-refractivity contribution in [2.75, 3.05) is 11.1 Å². The van der Waals surface area contributed by atoms with Gasteiger partial charge in [-0.05, 0) is 50.1 Å². The van der Waals surface area contributed by atoms with E-state index >= 15 is 0 Å². The van der Waals surface area contributed by atoms with Gasteiger partial charge in [0.1, 0.15) is 0 Å². The van der Waals surface area contributed by atoms with E-state index in [1.165, 1.54) is 29.5 Å². The van der Waals surface area contributed by atoms with Crippen LogP contribution >= 0.6 is 23.1 Å². The highest BCUT2D eigenvalue weighted by Crippen LogP contribution is 2.32. The Balaban J connectivity index is 1.25. The van der Waals surface area contributed by atoms with Crippen molar-refractivity contribution in [1.29, 1.82) is 0 Å². The van der Waals surface area contributed by atoms with E-state index in [9.17, 15) is 14.4 Å². The van der Waals surface area contributed by atoms with Crippen LogP contribution in [0.2, 0.25) is 0 Å². The lowest BCUT2D eigenvalue weighted by molar-refractivity contribution is 0.0917. The fraction of sp³-hybridized carbons (Fsp3) is 0.267. The Hall–Kier alpha value is -3.49. The molecule has 8 heteroatoms. The second kappa shape index (κ2) is 11.9. The molecule has 0 bridgehead atoms. The Morgan fingerprint density at radius 1 is 0.921 bits per heavy atom. The molecule has 0 atom stereocenters. The zero-order valence-corrected chi connectivity index (χ0v) is 22.8. The topological polar surface area (TPSA) is 88.2 Å². The second-order valence-electron chi connectivity index (χ2n) is 9.55. The molecule has 2 amide bonds. The lowest BCUT2D eigenvalue weighted by atomic mass is 9.95. The maximum Gasteiger partial charge on any atom is 0.256 e. The number of fused-ring (bicyclic) bond motifs is 1. The number of carbonyl (C=O) groups is 3. The Bertz CT molecular complexity index is 1470. The van der Waals surface area contributed by atoms with Gasteiger partial charge in [-0.25, -0.2) is 4.98 Å². The standard InChI is InChI=1S/C30H29N3O3S2/c1-19-11-13-20(14-12-19)26(34)18-37-30-33-25-16-15-22(17-27(25)38-30)32-29(36)24-10-6-5-9-23(24)28(35)31-21-7-3-2-4-8-21/h5-6,9-17,21H,2-4,7-8,18H2,1H3,(H,31,35)(H,32,36). The van der Waals surface area contributed by atoms with Gasteiger partial charge in [0.25, 0.3) is 11.8 Å². The first-order valence-corrected chi connectivity index (χ1v) is 14.6. The predicted molar refractivity (Wildman–Crippen MR) is 155 cm³/mol. The third kappa shape index (κ3) is 6.31. The lowest BCUT2D eigenvalue weighted by Crippen LogP contribution is -2.37. The minimum absolute atomic E-state index is 0.0633. The van der Waals surface area contributed by atoms with Crippen molar-refractivity contribution in [1.82, 2.24) is 10.3 Å². The number of thioether (sulfide) groups is 1. The molecule has 0 aliphatic heterocycles. The van der Waals surface area contributed by atoms with Gasteiger partial charge in [-0.2, -0.15) is 0 Å². The first-order chi connectivity index (χ1) is 18.5. The Morgan fingerprint density at radius 3 is 2.37 bits per heavy atom. The number of rotatable bonds is 8. The van der Waals surface area contributed by atoms with E-state index in [2.05, 4.69) is 15.6 Å². The van der Waals surface area contributed by atoms with Gasteiger partial charge in [0.15, 0.2) is 10.1 Å². The number of hydrogen-bond donors (Lipinski definition) is 2. The number of benzene rings is 3. The molecular formula is C30H29N3O3S2. The van der Waals surface area contributed by atoms with Crippen LogP contribution < -0.4 is 10.6 Å². The zero-order chi connectivity index (χ0) is 26.5. The van der Waals surface area contributed by atoms with Crippen LogP contribution in [0.3, 0.4) is 0 Å². The van der Waals surface area contributed by atoms with Crippen LogP contribution in [0, 0.1) is 6.92 Å². The number of carbonyl (C=O) groups excluding carboxylic acids is 3. The summed E-state index contributed by atoms with van der Waals surface area (Å²) in [6, 6.07) is 20.2. The number of amides is 2. The summed E-state index contributed by atoms with van der Waals surface area (Å²) in [5.41, 5.74) is 3.98. The van der Waals surface area contributed by atoms with Crippen molar-refractivity contribution in [3.63, 3.8) is 0 Å². The Morgan fingerprint density at radius 2 is 1.63 bits per heavy atom. The van der Waals surface area contributed by atoms with Gasteiger partial charge in [-0.1, -0.05) is 73.0 Å². The molecule has 1 heterocycles. The Labute approximate surface area is 230 Å². The zero-order valence-electron chi connectivity index (χ0n) is 21.2. The van der Waals surface area contributed by atoms with Gasteiger partial charge < -0.3 is 10.6 Å². The molecule has 6 nitrogen and oxygen atoms in total. The fourth-order valence-electron chi connectivity index (χ4n) is 4.58. The molecule has 194 valence electrons. The molecule has 1 aliphatic carbocycles. The summed E-state index contributed by atoms with van der Waals surface area (Å²) in [5, 5.41) is 6.04. The van der Waals surface area contributed by atoms with E-state index in [0.29, 0.717) is 28.1 Å². The molecule has 0 radical (unpaired) electrons. The van der Waals surface area contributed by atoms with E-state index in [-0.39, 0.29) is 23.6 Å². The maximum absolute atomic E-state index is 13.2. The number of nitrogens with one attached hydrogen (secondary N) is 2. The summed E-state index contributed by atoms with van der Waals surface area (Å²) in [6.45, 7) is 1.99. The van der Waals surface area contributed by atoms with Crippen LogP contribution in [0.4, 0.5) is 5.69 Å². The van der Waals surface area contributed by atoms with Crippen LogP contribution in [0.25, 0.3) is 10.2 Å². The first kappa shape index (κ1) is 26.1. The van der Waals surface area contributed by atoms with Crippen molar-refractivity contribution < 1.29 is 14.4 Å². The minimum Gasteiger partial charge on any atom is -0.349 e. The number of anilines is 1. The van der Waals surface area contributed by atoms with Crippen molar-refractivity contribution in [2.45, 2.75) is 49.4 Å². The summed E-state index contributed by atoms with van der Waals surface area (Å²) < 4.78 is 1.71. The maximum atomic E-state index is 13.2. The molecule has 3 aromatic carbocycles. The summed E-state index contributed by atoms with van der Waals surface area (Å²) in [4.78, 5) is 43.3. The molecule has 5 rings (SSSR count). The summed E-state index contributed by atoms with van der Waals surface area (Å²) in [6.07, 6.45) is 5.42. The SMILES string of the molecule is Cc1ccc(C(=O)CSc2nc3ccc(NC(=O)c4ccccc4C(=O)NC4CCCCC4)cc3s2)cc1. The highest BCUT2D eigenvalue weighted by molar-refractivity contribution is 8.01. The van der Waals surface area contributed by atoms with Crippen LogP contribution in [-0.2, 0) is 0 Å². The fourth-order valence-corrected chi connectivity index (χ4v) is 6.58. The van der Waals surface area contributed by atoms with Gasteiger partial charge in [-0.15, -0.1) is 11.3 Å². The monoisotopic (exact) mass is 543 g/mol. The quantitative estimate of drug-likeness (QED) is 0.187. The van der Waals surface area contributed by atoms with Gasteiger partial charge in [0.2, 0.25) is 0 Å². The molecular weight excluding hydrogens is 514 g/mol. The first-order valence-electron chi connectivity index (χ1n) is 12.8. The smallest absolute Gasteiger partial charge is 0.256 e. The normalized spacial score (nSPS) is 13.8. The van der Waals surface area contributed by atoms with E-state index < -0.39 is 0 Å². The van der Waals surface area contributed by atoms with Crippen molar-refractivity contribution >= 4 is 56.6 Å². The van der Waals surface area contributed by atoms with E-state index in [1.54, 1.807) is 30.3 Å². The molecule has 1 fully saturated rings. The second-order valence-corrected chi connectivity index (χ2v) is 11.8. The van der Waals surface area contributed by atoms with Crippen LogP contribution in [0.5, 0.6) is 0 Å². The van der Waals surface area contributed by atoms with Gasteiger partial charge in [0, 0.05) is 17.3 Å². The molecule has 4 aromatic rings. The highest BCUT2D eigenvalue weighted by Gasteiger charge is 2.21. The number of aromatic nitrogens is 1. The van der Waals surface area contributed by atoms with E-state index in [0.717, 1.165) is 45.8 Å². The third-order valence-electron chi connectivity index (χ3n) is 6.68. The summed E-state index contributed by atoms with van der Waals surface area (Å²) in [7, 11) is 0. The summed E-state index contributed by atoms with van der Waals surface area (Å²) in [5.74, 6) is -0.163. The van der Waals surface area contributed by atoms with Gasteiger partial charge in [0.05, 0.1) is 27.1 Å². The summed E-state index contributed by atoms with van der Waals surface area (Å²) >= 11 is 2.90. The number of ketones is 1. The molecule has 1 aliphatic rings. The lowest BCUT2D eigenvalue weighted by Gasteiger charge is -2.23. The van der Waals surface area contributed by atoms with Gasteiger partial charge in [-0.3, -0.25) is 14.4 Å². The molecule has 0 saturated heterocycles. The Kier molecular flexibility index (Phi) is 8.20. The molecule has 1 aromatic heterocycles. The van der Waals surface area contributed by atoms with Crippen LogP contribution in [0.15, 0.2) is 71.1 Å². The highest BCUT2D eigenvalue weighted by atomic mass is 32.2. The predicted octanol–water partition coefficient (Wildman–Crippen LogP) is 6.89. The number of Topliss-reactive ketones (excluding diaryl/α,β-unsaturated/α-hetero) is 1. The number of aryl methyl sites for hydroxylation is 1. The third-order valence-corrected chi connectivity index (χ3v) is 8.84. The molecule has 1 saturated carbocycles. The average Bonchev–Trinajstić information content (AvgIpc) is 3.35. The molecule has 0 spiro atoms. The number of hydrogen-bond acceptors (Lipinski definition) is 6. The van der Waals surface area contributed by atoms with Crippen molar-refractivity contribution in [2.24, 2.45) is 0 Å². The average molecular weight is 544 g/mol. The van der Waals surface area contributed by atoms with E-state index in [1.807, 2.05) is 43.3 Å². The molecule has 38 heavy (non-hydrogen) atoms. The number of nitrogens with zero attached hydrogens (tertiary/aromatic N) is 1. The molecule has 2 N–H and O–H groups in total. The van der Waals surface area contributed by atoms with Gasteiger partial charge >= 0.3 is 0 Å². The largest absolute Gasteiger partial charge is 0.349 e. The van der Waals surface area contributed by atoms with Crippen molar-refractivity contribution in [3.8, 4) is 0 Å². The van der Waals surface area contributed by atoms with E-state index in [4.69, 9.17) is 0 Å².